The highest BCUT2D eigenvalue weighted by molar-refractivity contribution is 6.12. The molecule has 3 heterocycles. The maximum atomic E-state index is 12.5. The molecule has 0 fully saturated rings. The number of aryl methyl sites for hydroxylation is 4. The van der Waals surface area contributed by atoms with Crippen LogP contribution in [0.5, 0.6) is 0 Å². The average Bonchev–Trinajstić information content (AvgIpc) is 2.93. The molecule has 0 bridgehead atoms. The minimum absolute atomic E-state index is 0.208. The van der Waals surface area contributed by atoms with Crippen LogP contribution in [-0.2, 0) is 14.1 Å². The van der Waals surface area contributed by atoms with E-state index in [9.17, 15) is 4.79 Å². The first-order valence-electron chi connectivity index (χ1n) is 6.57. The first-order chi connectivity index (χ1) is 9.95. The highest BCUT2D eigenvalue weighted by Crippen LogP contribution is 2.22. The van der Waals surface area contributed by atoms with E-state index < -0.39 is 0 Å². The number of fused-ring (bicyclic) bond motifs is 1. The molecule has 3 aromatic heterocycles. The highest BCUT2D eigenvalue weighted by Gasteiger charge is 2.18. The van der Waals surface area contributed by atoms with Gasteiger partial charge in [-0.2, -0.15) is 10.2 Å². The van der Waals surface area contributed by atoms with Gasteiger partial charge in [0.1, 0.15) is 0 Å². The molecule has 0 spiro atoms. The number of rotatable bonds is 2. The fraction of sp³-hybridized carbons (Fsp3) is 0.286. The minimum atomic E-state index is -0.208. The summed E-state index contributed by atoms with van der Waals surface area (Å²) in [7, 11) is 3.62. The topological polar surface area (TPSA) is 77.6 Å². The van der Waals surface area contributed by atoms with Gasteiger partial charge >= 0.3 is 0 Å². The van der Waals surface area contributed by atoms with E-state index in [-0.39, 0.29) is 5.91 Å². The molecule has 0 aliphatic rings. The molecule has 21 heavy (non-hydrogen) atoms. The number of pyridine rings is 1. The Morgan fingerprint density at radius 1 is 1.24 bits per heavy atom. The van der Waals surface area contributed by atoms with Crippen LogP contribution in [0, 0.1) is 13.8 Å². The Kier molecular flexibility index (Phi) is 2.97. The Balaban J connectivity index is 2.08. The molecule has 3 rings (SSSR count). The number of nitrogens with zero attached hydrogens (tertiary/aromatic N) is 5. The summed E-state index contributed by atoms with van der Waals surface area (Å²) in [5.41, 5.74) is 2.83. The maximum absolute atomic E-state index is 12.5. The standard InChI is InChI=1S/C14H16N6O/c1-8-7-10(12-9(2)17-20(4)13(12)15-8)14(21)16-11-5-6-19(3)18-11/h5-7H,1-4H3,(H,16,18,21). The fourth-order valence-electron chi connectivity index (χ4n) is 2.41. The highest BCUT2D eigenvalue weighted by atomic mass is 16.1. The van der Waals surface area contributed by atoms with Crippen molar-refractivity contribution in [1.82, 2.24) is 24.5 Å². The van der Waals surface area contributed by atoms with Crippen molar-refractivity contribution in [2.24, 2.45) is 14.1 Å². The summed E-state index contributed by atoms with van der Waals surface area (Å²) in [6.07, 6.45) is 1.78. The maximum Gasteiger partial charge on any atom is 0.257 e. The smallest absolute Gasteiger partial charge is 0.257 e. The predicted molar refractivity (Wildman–Crippen MR) is 79.1 cm³/mol. The molecule has 7 heteroatoms. The number of hydrogen-bond acceptors (Lipinski definition) is 4. The van der Waals surface area contributed by atoms with Crippen LogP contribution < -0.4 is 5.32 Å². The van der Waals surface area contributed by atoms with Crippen LogP contribution >= 0.6 is 0 Å². The Bertz CT molecular complexity index is 845. The summed E-state index contributed by atoms with van der Waals surface area (Å²) < 4.78 is 3.33. The van der Waals surface area contributed by atoms with Crippen molar-refractivity contribution < 1.29 is 4.79 Å². The molecule has 0 saturated carbocycles. The van der Waals surface area contributed by atoms with Crippen molar-refractivity contribution >= 4 is 22.8 Å². The predicted octanol–water partition coefficient (Wildman–Crippen LogP) is 1.57. The van der Waals surface area contributed by atoms with Gasteiger partial charge in [0.25, 0.3) is 5.91 Å². The van der Waals surface area contributed by atoms with Crippen LogP contribution in [0.3, 0.4) is 0 Å². The number of carbonyl (C=O) groups excluding carboxylic acids is 1. The fourth-order valence-corrected chi connectivity index (χ4v) is 2.41. The summed E-state index contributed by atoms with van der Waals surface area (Å²) in [6.45, 7) is 3.73. The van der Waals surface area contributed by atoms with Gasteiger partial charge in [-0.3, -0.25) is 14.2 Å². The van der Waals surface area contributed by atoms with Gasteiger partial charge in [0, 0.05) is 32.1 Å². The van der Waals surface area contributed by atoms with Gasteiger partial charge in [0.15, 0.2) is 11.5 Å². The van der Waals surface area contributed by atoms with Gasteiger partial charge in [-0.1, -0.05) is 0 Å². The van der Waals surface area contributed by atoms with E-state index in [0.717, 1.165) is 16.8 Å². The molecule has 0 atom stereocenters. The summed E-state index contributed by atoms with van der Waals surface area (Å²) in [5.74, 6) is 0.312. The van der Waals surface area contributed by atoms with Gasteiger partial charge in [-0.25, -0.2) is 4.98 Å². The number of carbonyl (C=O) groups is 1. The molecule has 0 saturated heterocycles. The lowest BCUT2D eigenvalue weighted by Gasteiger charge is -2.05. The third-order valence-electron chi connectivity index (χ3n) is 3.30. The lowest BCUT2D eigenvalue weighted by Crippen LogP contribution is -2.14. The number of aromatic nitrogens is 5. The van der Waals surface area contributed by atoms with E-state index in [0.29, 0.717) is 17.0 Å². The summed E-state index contributed by atoms with van der Waals surface area (Å²) >= 11 is 0. The monoisotopic (exact) mass is 284 g/mol. The zero-order chi connectivity index (χ0) is 15.1. The SMILES string of the molecule is Cc1cc(C(=O)Nc2ccn(C)n2)c2c(C)nn(C)c2n1. The summed E-state index contributed by atoms with van der Waals surface area (Å²) in [4.78, 5) is 17.0. The van der Waals surface area contributed by atoms with Crippen LogP contribution in [0.25, 0.3) is 11.0 Å². The molecule has 0 unspecified atom stereocenters. The Morgan fingerprint density at radius 3 is 2.67 bits per heavy atom. The zero-order valence-corrected chi connectivity index (χ0v) is 12.4. The molecule has 0 radical (unpaired) electrons. The zero-order valence-electron chi connectivity index (χ0n) is 12.4. The lowest BCUT2D eigenvalue weighted by molar-refractivity contribution is 0.102. The Hall–Kier alpha value is -2.70. The minimum Gasteiger partial charge on any atom is -0.305 e. The second-order valence-electron chi connectivity index (χ2n) is 5.05. The van der Waals surface area contributed by atoms with E-state index in [1.807, 2.05) is 20.9 Å². The number of hydrogen-bond donors (Lipinski definition) is 1. The van der Waals surface area contributed by atoms with Gasteiger partial charge in [0.05, 0.1) is 16.6 Å². The lowest BCUT2D eigenvalue weighted by atomic mass is 10.1. The van der Waals surface area contributed by atoms with Gasteiger partial charge in [0.2, 0.25) is 0 Å². The Morgan fingerprint density at radius 2 is 2.00 bits per heavy atom. The van der Waals surface area contributed by atoms with Crippen molar-refractivity contribution in [1.29, 1.82) is 0 Å². The van der Waals surface area contributed by atoms with E-state index in [1.54, 1.807) is 34.7 Å². The second-order valence-corrected chi connectivity index (χ2v) is 5.05. The molecule has 7 nitrogen and oxygen atoms in total. The molecule has 0 aliphatic heterocycles. The van der Waals surface area contributed by atoms with Crippen molar-refractivity contribution in [3.8, 4) is 0 Å². The third kappa shape index (κ3) is 2.26. The van der Waals surface area contributed by atoms with Crippen LogP contribution in [-0.4, -0.2) is 30.5 Å². The third-order valence-corrected chi connectivity index (χ3v) is 3.30. The Labute approximate surface area is 121 Å². The van der Waals surface area contributed by atoms with Crippen molar-refractivity contribution in [2.45, 2.75) is 13.8 Å². The second kappa shape index (κ2) is 4.69. The molecule has 3 aromatic rings. The van der Waals surface area contributed by atoms with Gasteiger partial charge in [-0.05, 0) is 19.9 Å². The summed E-state index contributed by atoms with van der Waals surface area (Å²) in [6, 6.07) is 3.52. The molecule has 1 amide bonds. The normalized spacial score (nSPS) is 11.0. The van der Waals surface area contributed by atoms with Crippen molar-refractivity contribution in [2.75, 3.05) is 5.32 Å². The van der Waals surface area contributed by atoms with Gasteiger partial charge < -0.3 is 5.32 Å². The van der Waals surface area contributed by atoms with Crippen LogP contribution in [0.2, 0.25) is 0 Å². The first kappa shape index (κ1) is 13.3. The van der Waals surface area contributed by atoms with Crippen molar-refractivity contribution in [3.05, 3.63) is 35.3 Å². The van der Waals surface area contributed by atoms with E-state index >= 15 is 0 Å². The molecular formula is C14H16N6O. The molecular weight excluding hydrogens is 268 g/mol. The van der Waals surface area contributed by atoms with Crippen LogP contribution in [0.1, 0.15) is 21.7 Å². The average molecular weight is 284 g/mol. The largest absolute Gasteiger partial charge is 0.305 e. The summed E-state index contributed by atoms with van der Waals surface area (Å²) in [5, 5.41) is 12.1. The van der Waals surface area contributed by atoms with Crippen LogP contribution in [0.15, 0.2) is 18.3 Å². The van der Waals surface area contributed by atoms with E-state index in [1.165, 1.54) is 0 Å². The quantitative estimate of drug-likeness (QED) is 0.775. The van der Waals surface area contributed by atoms with Crippen molar-refractivity contribution in [3.63, 3.8) is 0 Å². The first-order valence-corrected chi connectivity index (χ1v) is 6.57. The van der Waals surface area contributed by atoms with E-state index in [2.05, 4.69) is 20.5 Å². The van der Waals surface area contributed by atoms with Crippen LogP contribution in [0.4, 0.5) is 5.82 Å². The van der Waals surface area contributed by atoms with Gasteiger partial charge in [-0.15, -0.1) is 0 Å². The number of amides is 1. The molecule has 1 N–H and O–H groups in total. The number of anilines is 1. The number of nitrogens with one attached hydrogen (secondary N) is 1. The molecule has 108 valence electrons. The van der Waals surface area contributed by atoms with E-state index in [4.69, 9.17) is 0 Å². The molecule has 0 aliphatic carbocycles. The molecule has 0 aromatic carbocycles.